The maximum atomic E-state index is 12.7. The summed E-state index contributed by atoms with van der Waals surface area (Å²) in [5, 5.41) is 14.9. The second-order valence-corrected chi connectivity index (χ2v) is 7.26. The summed E-state index contributed by atoms with van der Waals surface area (Å²) in [6.07, 6.45) is 2.17. The van der Waals surface area contributed by atoms with E-state index < -0.39 is 5.91 Å². The van der Waals surface area contributed by atoms with E-state index in [9.17, 15) is 19.5 Å². The summed E-state index contributed by atoms with van der Waals surface area (Å²) in [6, 6.07) is 17.1. The molecule has 0 bridgehead atoms. The van der Waals surface area contributed by atoms with E-state index in [1.165, 1.54) is 22.8 Å². The summed E-state index contributed by atoms with van der Waals surface area (Å²) in [6.45, 7) is 3.04. The molecule has 0 unspecified atom stereocenters. The van der Waals surface area contributed by atoms with Gasteiger partial charge in [0, 0.05) is 24.8 Å². The number of amides is 2. The molecule has 3 rings (SSSR count). The number of benzene rings is 2. The Labute approximate surface area is 180 Å². The number of pyridine rings is 1. The van der Waals surface area contributed by atoms with Crippen LogP contribution in [0.5, 0.6) is 5.75 Å². The molecular formula is C24H25N3O4. The molecule has 0 aliphatic heterocycles. The van der Waals surface area contributed by atoms with E-state index in [-0.39, 0.29) is 22.8 Å². The third-order valence-electron chi connectivity index (χ3n) is 4.73. The standard InChI is InChI=1S/C24H25N3O4/c1-17-6-2-7-18(14-17)16-27-13-4-10-21(24(27)31)23(30)26-12-5-11-25-22(29)19-8-3-9-20(28)15-19/h2-4,6-10,13-15,28H,5,11-12,16H2,1H3,(H,25,29)(H,26,30). The van der Waals surface area contributed by atoms with Crippen LogP contribution in [0.25, 0.3) is 0 Å². The van der Waals surface area contributed by atoms with Crippen molar-refractivity contribution < 1.29 is 14.7 Å². The number of carbonyl (C=O) groups excluding carboxylic acids is 2. The fourth-order valence-electron chi connectivity index (χ4n) is 3.18. The maximum Gasteiger partial charge on any atom is 0.263 e. The minimum absolute atomic E-state index is 0.0239. The summed E-state index contributed by atoms with van der Waals surface area (Å²) < 4.78 is 1.51. The fourth-order valence-corrected chi connectivity index (χ4v) is 3.18. The van der Waals surface area contributed by atoms with Crippen molar-refractivity contribution in [3.05, 3.63) is 99.5 Å². The number of nitrogens with one attached hydrogen (secondary N) is 2. The molecule has 2 aromatic carbocycles. The van der Waals surface area contributed by atoms with E-state index in [0.29, 0.717) is 31.6 Å². The Bertz CT molecular complexity index is 1140. The quantitative estimate of drug-likeness (QED) is 0.488. The van der Waals surface area contributed by atoms with Crippen LogP contribution in [-0.2, 0) is 6.54 Å². The molecule has 3 N–H and O–H groups in total. The predicted octanol–water partition coefficient (Wildman–Crippen LogP) is 2.46. The highest BCUT2D eigenvalue weighted by molar-refractivity contribution is 5.94. The Kier molecular flexibility index (Phi) is 7.22. The van der Waals surface area contributed by atoms with E-state index in [1.54, 1.807) is 24.4 Å². The molecule has 1 aromatic heterocycles. The van der Waals surface area contributed by atoms with Crippen molar-refractivity contribution in [1.29, 1.82) is 0 Å². The van der Waals surface area contributed by atoms with E-state index in [1.807, 2.05) is 31.2 Å². The number of hydrogen-bond donors (Lipinski definition) is 3. The van der Waals surface area contributed by atoms with Crippen molar-refractivity contribution in [2.45, 2.75) is 19.9 Å². The van der Waals surface area contributed by atoms with Crippen molar-refractivity contribution in [1.82, 2.24) is 15.2 Å². The van der Waals surface area contributed by atoms with Gasteiger partial charge in [-0.25, -0.2) is 0 Å². The maximum absolute atomic E-state index is 12.7. The lowest BCUT2D eigenvalue weighted by atomic mass is 10.1. The summed E-state index contributed by atoms with van der Waals surface area (Å²) in [5.74, 6) is -0.719. The number of nitrogens with zero attached hydrogens (tertiary/aromatic N) is 1. The summed E-state index contributed by atoms with van der Waals surface area (Å²) in [4.78, 5) is 37.1. The molecule has 0 atom stereocenters. The van der Waals surface area contributed by atoms with Crippen LogP contribution in [0.15, 0.2) is 71.7 Å². The smallest absolute Gasteiger partial charge is 0.263 e. The molecule has 7 nitrogen and oxygen atoms in total. The van der Waals surface area contributed by atoms with Crippen LogP contribution >= 0.6 is 0 Å². The number of rotatable bonds is 8. The van der Waals surface area contributed by atoms with E-state index in [4.69, 9.17) is 0 Å². The van der Waals surface area contributed by atoms with E-state index >= 15 is 0 Å². The Morgan fingerprint density at radius 1 is 0.935 bits per heavy atom. The molecule has 0 aliphatic carbocycles. The van der Waals surface area contributed by atoms with Gasteiger partial charge in [0.15, 0.2) is 0 Å². The first kappa shape index (κ1) is 21.8. The van der Waals surface area contributed by atoms with Gasteiger partial charge in [-0.05, 0) is 49.2 Å². The molecule has 160 valence electrons. The van der Waals surface area contributed by atoms with Crippen LogP contribution in [0.3, 0.4) is 0 Å². The number of hydrogen-bond acceptors (Lipinski definition) is 4. The zero-order valence-electron chi connectivity index (χ0n) is 17.3. The zero-order valence-corrected chi connectivity index (χ0v) is 17.3. The number of aromatic nitrogens is 1. The molecule has 0 radical (unpaired) electrons. The average Bonchev–Trinajstić information content (AvgIpc) is 2.74. The second-order valence-electron chi connectivity index (χ2n) is 7.26. The summed E-state index contributed by atoms with van der Waals surface area (Å²) >= 11 is 0. The third kappa shape index (κ3) is 6.05. The van der Waals surface area contributed by atoms with Gasteiger partial charge in [-0.1, -0.05) is 35.9 Å². The molecule has 31 heavy (non-hydrogen) atoms. The number of aryl methyl sites for hydroxylation is 1. The number of aromatic hydroxyl groups is 1. The average molecular weight is 419 g/mol. The SMILES string of the molecule is Cc1cccc(Cn2cccc(C(=O)NCCCNC(=O)c3cccc(O)c3)c2=O)c1. The lowest BCUT2D eigenvalue weighted by Gasteiger charge is -2.10. The highest BCUT2D eigenvalue weighted by atomic mass is 16.3. The molecule has 1 heterocycles. The third-order valence-corrected chi connectivity index (χ3v) is 4.73. The monoisotopic (exact) mass is 419 g/mol. The van der Waals surface area contributed by atoms with Gasteiger partial charge >= 0.3 is 0 Å². The van der Waals surface area contributed by atoms with Crippen LogP contribution in [0, 0.1) is 6.92 Å². The van der Waals surface area contributed by atoms with Crippen molar-refractivity contribution in [2.75, 3.05) is 13.1 Å². The highest BCUT2D eigenvalue weighted by Gasteiger charge is 2.12. The number of phenols is 1. The highest BCUT2D eigenvalue weighted by Crippen LogP contribution is 2.10. The minimum atomic E-state index is -0.442. The first-order valence-corrected chi connectivity index (χ1v) is 10.0. The molecule has 0 aliphatic rings. The molecule has 3 aromatic rings. The van der Waals surface area contributed by atoms with Gasteiger partial charge < -0.3 is 20.3 Å². The van der Waals surface area contributed by atoms with Gasteiger partial charge in [0.2, 0.25) is 0 Å². The van der Waals surface area contributed by atoms with Crippen molar-refractivity contribution in [3.8, 4) is 5.75 Å². The predicted molar refractivity (Wildman–Crippen MR) is 118 cm³/mol. The Hall–Kier alpha value is -3.87. The first-order valence-electron chi connectivity index (χ1n) is 10.0. The topological polar surface area (TPSA) is 100 Å². The van der Waals surface area contributed by atoms with Gasteiger partial charge in [0.1, 0.15) is 11.3 Å². The lowest BCUT2D eigenvalue weighted by molar-refractivity contribution is 0.0950. The van der Waals surface area contributed by atoms with Gasteiger partial charge in [-0.2, -0.15) is 0 Å². The second kappa shape index (κ2) is 10.2. The fraction of sp³-hybridized carbons (Fsp3) is 0.208. The van der Waals surface area contributed by atoms with Gasteiger partial charge in [0.25, 0.3) is 17.4 Å². The largest absolute Gasteiger partial charge is 0.508 e. The zero-order chi connectivity index (χ0) is 22.2. The molecule has 2 amide bonds. The van der Waals surface area contributed by atoms with Crippen molar-refractivity contribution in [2.24, 2.45) is 0 Å². The molecule has 0 spiro atoms. The van der Waals surface area contributed by atoms with E-state index in [2.05, 4.69) is 10.6 Å². The number of carbonyl (C=O) groups is 2. The minimum Gasteiger partial charge on any atom is -0.508 e. The van der Waals surface area contributed by atoms with Crippen LogP contribution < -0.4 is 16.2 Å². The van der Waals surface area contributed by atoms with Crippen molar-refractivity contribution in [3.63, 3.8) is 0 Å². The molecular weight excluding hydrogens is 394 g/mol. The van der Waals surface area contributed by atoms with Crippen LogP contribution in [0.1, 0.15) is 38.3 Å². The van der Waals surface area contributed by atoms with Gasteiger partial charge in [-0.15, -0.1) is 0 Å². The van der Waals surface area contributed by atoms with Gasteiger partial charge in [-0.3, -0.25) is 14.4 Å². The summed E-state index contributed by atoms with van der Waals surface area (Å²) in [5.41, 5.74) is 2.19. The Morgan fingerprint density at radius 2 is 1.68 bits per heavy atom. The Balaban J connectivity index is 1.50. The molecule has 7 heteroatoms. The Morgan fingerprint density at radius 3 is 2.42 bits per heavy atom. The van der Waals surface area contributed by atoms with Crippen LogP contribution in [0.4, 0.5) is 0 Å². The summed E-state index contributed by atoms with van der Waals surface area (Å²) in [7, 11) is 0. The normalized spacial score (nSPS) is 10.5. The molecule has 0 saturated carbocycles. The number of phenolic OH excluding ortho intramolecular Hbond substituents is 1. The van der Waals surface area contributed by atoms with Crippen LogP contribution in [0.2, 0.25) is 0 Å². The first-order chi connectivity index (χ1) is 14.9. The lowest BCUT2D eigenvalue weighted by Crippen LogP contribution is -2.34. The van der Waals surface area contributed by atoms with Crippen LogP contribution in [-0.4, -0.2) is 34.6 Å². The molecule has 0 saturated heterocycles. The molecule has 0 fully saturated rings. The van der Waals surface area contributed by atoms with Gasteiger partial charge in [0.05, 0.1) is 6.54 Å². The van der Waals surface area contributed by atoms with Crippen molar-refractivity contribution >= 4 is 11.8 Å². The van der Waals surface area contributed by atoms with E-state index in [0.717, 1.165) is 11.1 Å².